The van der Waals surface area contributed by atoms with Gasteiger partial charge in [0.2, 0.25) is 0 Å². The van der Waals surface area contributed by atoms with Gasteiger partial charge in [0, 0.05) is 21.8 Å². The fourth-order valence-electron chi connectivity index (χ4n) is 5.38. The number of rotatable bonds is 4. The second kappa shape index (κ2) is 11.2. The fraction of sp³-hybridized carbons (Fsp3) is 0.400. The van der Waals surface area contributed by atoms with E-state index in [1.807, 2.05) is 18.2 Å². The molecule has 222 valence electrons. The van der Waals surface area contributed by atoms with Gasteiger partial charge in [0.05, 0.1) is 5.69 Å². The lowest BCUT2D eigenvalue weighted by Gasteiger charge is -2.30. The predicted molar refractivity (Wildman–Crippen MR) is 187 cm³/mol. The van der Waals surface area contributed by atoms with E-state index in [4.69, 9.17) is 11.6 Å². The van der Waals surface area contributed by atoms with E-state index < -0.39 is 0 Å². The summed E-state index contributed by atoms with van der Waals surface area (Å²) in [5.41, 5.74) is 12.4. The van der Waals surface area contributed by atoms with E-state index in [1.165, 1.54) is 44.5 Å². The largest absolute Gasteiger partial charge is 0.354 e. The van der Waals surface area contributed by atoms with Crippen molar-refractivity contribution in [1.82, 2.24) is 0 Å². The Morgan fingerprint density at radius 2 is 1.02 bits per heavy atom. The molecule has 0 heterocycles. The molecule has 0 spiro atoms. The Hall–Kier alpha value is -3.03. The first-order valence-electron chi connectivity index (χ1n) is 15.2. The number of halogens is 1. The average molecular weight is 580 g/mol. The summed E-state index contributed by atoms with van der Waals surface area (Å²) < 4.78 is 0. The van der Waals surface area contributed by atoms with Crippen LogP contribution in [-0.4, -0.2) is 0 Å². The summed E-state index contributed by atoms with van der Waals surface area (Å²) in [4.78, 5) is 0. The molecule has 0 amide bonds. The molecular formula is C40H50ClN. The summed E-state index contributed by atoms with van der Waals surface area (Å²) in [5.74, 6) is 0. The highest BCUT2D eigenvalue weighted by molar-refractivity contribution is 6.30. The molecule has 0 radical (unpaired) electrons. The highest BCUT2D eigenvalue weighted by Gasteiger charge is 2.27. The van der Waals surface area contributed by atoms with Crippen LogP contribution in [0.1, 0.15) is 105 Å². The van der Waals surface area contributed by atoms with E-state index >= 15 is 0 Å². The summed E-state index contributed by atoms with van der Waals surface area (Å²) in [6.45, 7) is 27.5. The summed E-state index contributed by atoms with van der Waals surface area (Å²) in [7, 11) is 0. The number of hydrogen-bond donors (Lipinski definition) is 1. The molecule has 1 N–H and O–H groups in total. The Morgan fingerprint density at radius 1 is 0.476 bits per heavy atom. The summed E-state index contributed by atoms with van der Waals surface area (Å²) in [5, 5.41) is 4.56. The maximum absolute atomic E-state index is 6.47. The van der Waals surface area contributed by atoms with E-state index in [1.54, 1.807) is 0 Å². The van der Waals surface area contributed by atoms with Gasteiger partial charge in [0.25, 0.3) is 0 Å². The predicted octanol–water partition coefficient (Wildman–Crippen LogP) is 12.6. The van der Waals surface area contributed by atoms with Gasteiger partial charge in [-0.1, -0.05) is 143 Å². The van der Waals surface area contributed by atoms with Crippen LogP contribution in [0.5, 0.6) is 0 Å². The smallest absolute Gasteiger partial charge is 0.0543 e. The summed E-state index contributed by atoms with van der Waals surface area (Å²) >= 11 is 6.47. The summed E-state index contributed by atoms with van der Waals surface area (Å²) in [6.07, 6.45) is 0. The summed E-state index contributed by atoms with van der Waals surface area (Å²) in [6, 6.07) is 29.0. The Bertz CT molecular complexity index is 1560. The van der Waals surface area contributed by atoms with Crippen LogP contribution >= 0.6 is 11.6 Å². The van der Waals surface area contributed by atoms with Gasteiger partial charge >= 0.3 is 0 Å². The van der Waals surface area contributed by atoms with Crippen LogP contribution in [0.4, 0.5) is 11.4 Å². The molecule has 0 aliphatic carbocycles. The Morgan fingerprint density at radius 3 is 1.55 bits per heavy atom. The van der Waals surface area contributed by atoms with Crippen molar-refractivity contribution >= 4 is 23.0 Å². The van der Waals surface area contributed by atoms with E-state index in [9.17, 15) is 0 Å². The van der Waals surface area contributed by atoms with Gasteiger partial charge < -0.3 is 5.32 Å². The third-order valence-electron chi connectivity index (χ3n) is 8.14. The van der Waals surface area contributed by atoms with E-state index in [0.29, 0.717) is 5.02 Å². The first-order chi connectivity index (χ1) is 19.2. The number of nitrogens with one attached hydrogen (secondary N) is 1. The second-order valence-electron chi connectivity index (χ2n) is 15.9. The van der Waals surface area contributed by atoms with E-state index in [0.717, 1.165) is 11.4 Å². The van der Waals surface area contributed by atoms with Crippen molar-refractivity contribution in [3.63, 3.8) is 0 Å². The van der Waals surface area contributed by atoms with Gasteiger partial charge in [-0.3, -0.25) is 0 Å². The van der Waals surface area contributed by atoms with Gasteiger partial charge in [-0.2, -0.15) is 0 Å². The van der Waals surface area contributed by atoms with E-state index in [-0.39, 0.29) is 21.7 Å². The highest BCUT2D eigenvalue weighted by atomic mass is 35.5. The molecule has 0 fully saturated rings. The van der Waals surface area contributed by atoms with Crippen LogP contribution < -0.4 is 5.32 Å². The Labute approximate surface area is 260 Å². The molecule has 0 unspecified atom stereocenters. The van der Waals surface area contributed by atoms with Gasteiger partial charge in [0.1, 0.15) is 0 Å². The fourth-order valence-corrected chi connectivity index (χ4v) is 5.57. The molecular weight excluding hydrogens is 530 g/mol. The van der Waals surface area contributed by atoms with Crippen molar-refractivity contribution in [2.75, 3.05) is 5.32 Å². The number of benzene rings is 4. The lowest BCUT2D eigenvalue weighted by molar-refractivity contribution is 0.569. The molecule has 0 aliphatic heterocycles. The molecule has 4 rings (SSSR count). The number of anilines is 2. The van der Waals surface area contributed by atoms with E-state index in [2.05, 4.69) is 149 Å². The molecule has 42 heavy (non-hydrogen) atoms. The minimum atomic E-state index is -0.0455. The molecule has 4 aromatic rings. The third-order valence-corrected chi connectivity index (χ3v) is 8.38. The molecule has 0 saturated carbocycles. The second-order valence-corrected chi connectivity index (χ2v) is 16.4. The zero-order valence-electron chi connectivity index (χ0n) is 27.9. The number of hydrogen-bond acceptors (Lipinski definition) is 1. The normalized spacial score (nSPS) is 12.9. The van der Waals surface area contributed by atoms with Gasteiger partial charge in [-0.05, 0) is 85.4 Å². The van der Waals surface area contributed by atoms with Crippen LogP contribution in [-0.2, 0) is 21.7 Å². The molecule has 0 saturated heterocycles. The van der Waals surface area contributed by atoms with Crippen molar-refractivity contribution < 1.29 is 0 Å². The van der Waals surface area contributed by atoms with Crippen molar-refractivity contribution in [2.45, 2.75) is 105 Å². The lowest BCUT2D eigenvalue weighted by Crippen LogP contribution is -2.18. The third kappa shape index (κ3) is 7.12. The molecule has 0 atom stereocenters. The standard InChI is InChI=1S/C40H50ClN/c1-37(2,3)27-18-16-26(17-19-27)33-22-29(39(7,8)9)23-34(36(33)42-31-15-13-14-30(41)25-31)32-21-20-28(38(4,5)6)24-35(32)40(10,11)12/h13-25,42H,1-12H3. The topological polar surface area (TPSA) is 12.0 Å². The van der Waals surface area contributed by atoms with Crippen molar-refractivity contribution in [1.29, 1.82) is 0 Å². The molecule has 0 bridgehead atoms. The van der Waals surface area contributed by atoms with Crippen molar-refractivity contribution in [2.24, 2.45) is 0 Å². The minimum absolute atomic E-state index is 0.0311. The maximum Gasteiger partial charge on any atom is 0.0543 e. The first-order valence-corrected chi connectivity index (χ1v) is 15.6. The van der Waals surface area contributed by atoms with Gasteiger partial charge in [0.15, 0.2) is 0 Å². The molecule has 0 aromatic heterocycles. The Kier molecular flexibility index (Phi) is 8.53. The average Bonchev–Trinajstić information content (AvgIpc) is 2.86. The molecule has 4 aromatic carbocycles. The Balaban J connectivity index is 2.11. The zero-order valence-corrected chi connectivity index (χ0v) is 28.6. The molecule has 2 heteroatoms. The monoisotopic (exact) mass is 579 g/mol. The SMILES string of the molecule is CC(C)(C)c1ccc(-c2cc(C(C)(C)C)cc(-c3ccc(C(C)(C)C)cc3C(C)(C)C)c2Nc2cccc(Cl)c2)cc1. The first kappa shape index (κ1) is 31.9. The maximum atomic E-state index is 6.47. The van der Waals surface area contributed by atoms with Crippen molar-refractivity contribution in [3.8, 4) is 22.3 Å². The minimum Gasteiger partial charge on any atom is -0.354 e. The molecule has 1 nitrogen and oxygen atoms in total. The van der Waals surface area contributed by atoms with Crippen LogP contribution in [0, 0.1) is 0 Å². The quantitative estimate of drug-likeness (QED) is 0.253. The molecule has 0 aliphatic rings. The van der Waals surface area contributed by atoms with Gasteiger partial charge in [-0.15, -0.1) is 0 Å². The highest BCUT2D eigenvalue weighted by Crippen LogP contribution is 2.46. The van der Waals surface area contributed by atoms with Crippen LogP contribution in [0.2, 0.25) is 5.02 Å². The van der Waals surface area contributed by atoms with Gasteiger partial charge in [-0.25, -0.2) is 0 Å². The van der Waals surface area contributed by atoms with Crippen LogP contribution in [0.3, 0.4) is 0 Å². The van der Waals surface area contributed by atoms with Crippen LogP contribution in [0.15, 0.2) is 78.9 Å². The van der Waals surface area contributed by atoms with Crippen LogP contribution in [0.25, 0.3) is 22.3 Å². The lowest BCUT2D eigenvalue weighted by atomic mass is 9.75. The van der Waals surface area contributed by atoms with Crippen molar-refractivity contribution in [3.05, 3.63) is 106 Å². The zero-order chi connectivity index (χ0) is 31.3.